The van der Waals surface area contributed by atoms with Crippen LogP contribution in [-0.4, -0.2) is 17.5 Å². The number of aromatic nitrogens is 1. The molecule has 4 rings (SSSR count). The zero-order chi connectivity index (χ0) is 19.5. The fourth-order valence-corrected chi connectivity index (χ4v) is 4.19. The maximum atomic E-state index is 12.4. The summed E-state index contributed by atoms with van der Waals surface area (Å²) in [7, 11) is 0. The summed E-state index contributed by atoms with van der Waals surface area (Å²) in [6.07, 6.45) is 0. The molecule has 0 fully saturated rings. The number of para-hydroxylation sites is 1. The highest BCUT2D eigenvalue weighted by molar-refractivity contribution is 9.10. The number of hydrogen-bond acceptors (Lipinski definition) is 4. The molecule has 0 saturated heterocycles. The van der Waals surface area contributed by atoms with Crippen LogP contribution in [0.25, 0.3) is 20.8 Å². The number of carbonyl (C=O) groups excluding carboxylic acids is 1. The van der Waals surface area contributed by atoms with Crippen molar-refractivity contribution in [2.75, 3.05) is 11.9 Å². The summed E-state index contributed by atoms with van der Waals surface area (Å²) in [6.45, 7) is 1.93. The molecule has 0 bridgehead atoms. The molecule has 1 aromatic heterocycles. The Labute approximate surface area is 175 Å². The lowest BCUT2D eigenvalue weighted by Crippen LogP contribution is -2.20. The van der Waals surface area contributed by atoms with Crippen molar-refractivity contribution in [3.8, 4) is 16.3 Å². The van der Waals surface area contributed by atoms with Crippen molar-refractivity contribution >= 4 is 49.1 Å². The lowest BCUT2D eigenvalue weighted by atomic mass is 10.2. The van der Waals surface area contributed by atoms with Crippen LogP contribution in [0.5, 0.6) is 5.75 Å². The van der Waals surface area contributed by atoms with Gasteiger partial charge >= 0.3 is 0 Å². The Morgan fingerprint density at radius 2 is 1.96 bits per heavy atom. The first-order valence-corrected chi connectivity index (χ1v) is 10.3. The molecule has 3 aromatic carbocycles. The van der Waals surface area contributed by atoms with Crippen LogP contribution in [0.4, 0.5) is 5.69 Å². The van der Waals surface area contributed by atoms with Crippen LogP contribution in [0.3, 0.4) is 0 Å². The highest BCUT2D eigenvalue weighted by Crippen LogP contribution is 2.36. The first-order valence-electron chi connectivity index (χ1n) is 8.73. The maximum Gasteiger partial charge on any atom is 0.262 e. The van der Waals surface area contributed by atoms with Gasteiger partial charge in [0.1, 0.15) is 10.8 Å². The largest absolute Gasteiger partial charge is 0.484 e. The number of carbonyl (C=O) groups is 1. The number of amides is 1. The number of ether oxygens (including phenoxy) is 1. The van der Waals surface area contributed by atoms with Gasteiger partial charge in [-0.2, -0.15) is 0 Å². The normalized spacial score (nSPS) is 10.8. The summed E-state index contributed by atoms with van der Waals surface area (Å²) in [4.78, 5) is 17.2. The minimum Gasteiger partial charge on any atom is -0.484 e. The van der Waals surface area contributed by atoms with Gasteiger partial charge in [-0.15, -0.1) is 11.3 Å². The zero-order valence-corrected chi connectivity index (χ0v) is 17.5. The minimum absolute atomic E-state index is 0.0567. The molecular weight excluding hydrogens is 436 g/mol. The Balaban J connectivity index is 1.55. The van der Waals surface area contributed by atoms with E-state index in [1.807, 2.05) is 73.7 Å². The number of fused-ring (bicyclic) bond motifs is 1. The molecule has 4 aromatic rings. The SMILES string of the molecule is Cc1cccc(OCC(=O)Nc2ccc(Br)cc2-c2nc3ccccc3s2)c1. The van der Waals surface area contributed by atoms with Gasteiger partial charge < -0.3 is 10.1 Å². The molecule has 4 nitrogen and oxygen atoms in total. The molecule has 0 aliphatic rings. The zero-order valence-electron chi connectivity index (χ0n) is 15.1. The van der Waals surface area contributed by atoms with Crippen LogP contribution in [-0.2, 0) is 4.79 Å². The second-order valence-electron chi connectivity index (χ2n) is 6.33. The Morgan fingerprint density at radius 1 is 1.11 bits per heavy atom. The molecule has 0 saturated carbocycles. The average molecular weight is 453 g/mol. The van der Waals surface area contributed by atoms with Crippen LogP contribution in [0.1, 0.15) is 5.56 Å². The fourth-order valence-electron chi connectivity index (χ4n) is 2.83. The molecule has 1 heterocycles. The molecule has 0 atom stereocenters. The molecule has 0 radical (unpaired) electrons. The summed E-state index contributed by atoms with van der Waals surface area (Å²) in [5.74, 6) is 0.462. The average Bonchev–Trinajstić information content (AvgIpc) is 3.12. The van der Waals surface area contributed by atoms with Gasteiger partial charge in [-0.25, -0.2) is 4.98 Å². The molecule has 0 spiro atoms. The highest BCUT2D eigenvalue weighted by atomic mass is 79.9. The predicted molar refractivity (Wildman–Crippen MR) is 118 cm³/mol. The number of nitrogens with one attached hydrogen (secondary N) is 1. The summed E-state index contributed by atoms with van der Waals surface area (Å²) in [5, 5.41) is 3.81. The number of hydrogen-bond donors (Lipinski definition) is 1. The van der Waals surface area contributed by atoms with E-state index >= 15 is 0 Å². The van der Waals surface area contributed by atoms with Gasteiger partial charge in [0.2, 0.25) is 0 Å². The summed E-state index contributed by atoms with van der Waals surface area (Å²) < 4.78 is 7.64. The summed E-state index contributed by atoms with van der Waals surface area (Å²) in [5.41, 5.74) is 3.62. The van der Waals surface area contributed by atoms with Crippen LogP contribution >= 0.6 is 27.3 Å². The molecule has 0 unspecified atom stereocenters. The topological polar surface area (TPSA) is 51.2 Å². The van der Waals surface area contributed by atoms with Gasteiger partial charge in [0, 0.05) is 10.0 Å². The smallest absolute Gasteiger partial charge is 0.262 e. The van der Waals surface area contributed by atoms with Gasteiger partial charge in [0.25, 0.3) is 5.91 Å². The number of halogens is 1. The molecule has 28 heavy (non-hydrogen) atoms. The second kappa shape index (κ2) is 8.12. The third-order valence-corrected chi connectivity index (χ3v) is 5.70. The van der Waals surface area contributed by atoms with E-state index in [-0.39, 0.29) is 12.5 Å². The van der Waals surface area contributed by atoms with Gasteiger partial charge in [0.15, 0.2) is 6.61 Å². The number of nitrogens with zero attached hydrogens (tertiary/aromatic N) is 1. The standard InChI is InChI=1S/C22H17BrN2O2S/c1-14-5-4-6-16(11-14)27-13-21(26)24-18-10-9-15(23)12-17(18)22-25-19-7-2-3-8-20(19)28-22/h2-12H,13H2,1H3,(H,24,26). The molecule has 6 heteroatoms. The molecular formula is C22H17BrN2O2S. The number of thiazole rings is 1. The minimum atomic E-state index is -0.216. The Bertz CT molecular complexity index is 1120. The van der Waals surface area contributed by atoms with E-state index in [2.05, 4.69) is 21.2 Å². The van der Waals surface area contributed by atoms with Crippen molar-refractivity contribution in [3.63, 3.8) is 0 Å². The van der Waals surface area contributed by atoms with Crippen molar-refractivity contribution in [1.29, 1.82) is 0 Å². The van der Waals surface area contributed by atoms with Gasteiger partial charge in [-0.1, -0.05) is 40.2 Å². The Hall–Kier alpha value is -2.70. The van der Waals surface area contributed by atoms with Gasteiger partial charge in [0.05, 0.1) is 15.9 Å². The lowest BCUT2D eigenvalue weighted by Gasteiger charge is -2.11. The first kappa shape index (κ1) is 18.7. The summed E-state index contributed by atoms with van der Waals surface area (Å²) >= 11 is 5.11. The third-order valence-electron chi connectivity index (χ3n) is 4.14. The quantitative estimate of drug-likeness (QED) is 0.400. The number of rotatable bonds is 5. The van der Waals surface area contributed by atoms with Crippen molar-refractivity contribution in [2.45, 2.75) is 6.92 Å². The van der Waals surface area contributed by atoms with E-state index in [0.29, 0.717) is 11.4 Å². The van der Waals surface area contributed by atoms with E-state index in [4.69, 9.17) is 9.72 Å². The Morgan fingerprint density at radius 3 is 2.79 bits per heavy atom. The molecule has 0 aliphatic carbocycles. The van der Waals surface area contributed by atoms with Crippen molar-refractivity contribution in [2.24, 2.45) is 0 Å². The summed E-state index contributed by atoms with van der Waals surface area (Å²) in [6, 6.07) is 21.4. The van der Waals surface area contributed by atoms with Gasteiger partial charge in [-0.05, 0) is 55.0 Å². The predicted octanol–water partition coefficient (Wildman–Crippen LogP) is 6.05. The number of anilines is 1. The lowest BCUT2D eigenvalue weighted by molar-refractivity contribution is -0.118. The molecule has 0 aliphatic heterocycles. The van der Waals surface area contributed by atoms with Crippen molar-refractivity contribution in [1.82, 2.24) is 4.98 Å². The Kier molecular flexibility index (Phi) is 5.41. The van der Waals surface area contributed by atoms with E-state index in [1.165, 1.54) is 0 Å². The van der Waals surface area contributed by atoms with E-state index in [0.717, 1.165) is 30.8 Å². The van der Waals surface area contributed by atoms with Crippen LogP contribution in [0.2, 0.25) is 0 Å². The third kappa shape index (κ3) is 4.24. The van der Waals surface area contributed by atoms with E-state index in [1.54, 1.807) is 11.3 Å². The van der Waals surface area contributed by atoms with Gasteiger partial charge in [-0.3, -0.25) is 4.79 Å². The fraction of sp³-hybridized carbons (Fsp3) is 0.0909. The van der Waals surface area contributed by atoms with E-state index in [9.17, 15) is 4.79 Å². The molecule has 1 N–H and O–H groups in total. The maximum absolute atomic E-state index is 12.4. The van der Waals surface area contributed by atoms with E-state index < -0.39 is 0 Å². The molecule has 1 amide bonds. The van der Waals surface area contributed by atoms with Crippen LogP contribution in [0, 0.1) is 6.92 Å². The number of benzene rings is 3. The number of aryl methyl sites for hydroxylation is 1. The second-order valence-corrected chi connectivity index (χ2v) is 8.28. The first-order chi connectivity index (χ1) is 13.6. The monoisotopic (exact) mass is 452 g/mol. The van der Waals surface area contributed by atoms with Crippen LogP contribution < -0.4 is 10.1 Å². The van der Waals surface area contributed by atoms with Crippen LogP contribution in [0.15, 0.2) is 71.2 Å². The molecule has 140 valence electrons. The van der Waals surface area contributed by atoms with Crippen molar-refractivity contribution < 1.29 is 9.53 Å². The van der Waals surface area contributed by atoms with Crippen molar-refractivity contribution in [3.05, 3.63) is 76.8 Å². The highest BCUT2D eigenvalue weighted by Gasteiger charge is 2.14.